The lowest BCUT2D eigenvalue weighted by atomic mass is 10.3. The minimum absolute atomic E-state index is 0.151. The largest absolute Gasteiger partial charge is 0.469 e. The molecule has 0 fully saturated rings. The van der Waals surface area contributed by atoms with Crippen molar-refractivity contribution in [1.82, 2.24) is 24.6 Å². The van der Waals surface area contributed by atoms with Crippen LogP contribution >= 0.6 is 15.9 Å². The average Bonchev–Trinajstić information content (AvgIpc) is 2.81. The normalized spacial score (nSPS) is 10.7. The highest BCUT2D eigenvalue weighted by molar-refractivity contribution is 9.10. The molecule has 10 heteroatoms. The molecule has 0 radical (unpaired) electrons. The molecule has 1 N–H and O–H groups in total. The van der Waals surface area contributed by atoms with E-state index in [4.69, 9.17) is 0 Å². The van der Waals surface area contributed by atoms with Crippen molar-refractivity contribution in [2.45, 2.75) is 19.4 Å². The Balaban J connectivity index is 2.00. The van der Waals surface area contributed by atoms with Crippen LogP contribution in [0, 0.1) is 0 Å². The van der Waals surface area contributed by atoms with Crippen molar-refractivity contribution in [3.63, 3.8) is 0 Å². The van der Waals surface area contributed by atoms with E-state index >= 15 is 0 Å². The van der Waals surface area contributed by atoms with E-state index in [1.54, 1.807) is 7.05 Å². The quantitative estimate of drug-likeness (QED) is 0.552. The lowest BCUT2D eigenvalue weighted by Gasteiger charge is -2.07. The monoisotopic (exact) mass is 385 g/mol. The second-order valence-electron chi connectivity index (χ2n) is 4.82. The fraction of sp³-hybridized carbons (Fsp3) is 0.462. The van der Waals surface area contributed by atoms with Gasteiger partial charge in [-0.15, -0.1) is 0 Å². The summed E-state index contributed by atoms with van der Waals surface area (Å²) in [7, 11) is 2.99. The summed E-state index contributed by atoms with van der Waals surface area (Å²) in [6.07, 6.45) is 2.01. The van der Waals surface area contributed by atoms with Crippen LogP contribution in [0.1, 0.15) is 12.8 Å². The first kappa shape index (κ1) is 17.1. The number of aryl methyl sites for hydroxylation is 1. The zero-order chi connectivity index (χ0) is 17.0. The van der Waals surface area contributed by atoms with Gasteiger partial charge in [0.2, 0.25) is 5.91 Å². The first-order chi connectivity index (χ1) is 10.9. The van der Waals surface area contributed by atoms with Gasteiger partial charge in [-0.25, -0.2) is 9.67 Å². The van der Waals surface area contributed by atoms with Crippen molar-refractivity contribution in [3.05, 3.63) is 21.3 Å². The predicted molar refractivity (Wildman–Crippen MR) is 84.7 cm³/mol. The first-order valence-electron chi connectivity index (χ1n) is 6.85. The molecular weight excluding hydrogens is 370 g/mol. The molecule has 0 aliphatic carbocycles. The van der Waals surface area contributed by atoms with E-state index in [1.165, 1.54) is 22.7 Å². The van der Waals surface area contributed by atoms with Crippen LogP contribution in [-0.2, 0) is 27.9 Å². The number of hydrogen-bond acceptors (Lipinski definition) is 6. The molecule has 0 saturated heterocycles. The molecule has 0 atom stereocenters. The zero-order valence-corrected chi connectivity index (χ0v) is 14.3. The molecule has 0 unspecified atom stereocenters. The molecule has 0 aliphatic rings. The number of esters is 1. The number of rotatable bonds is 6. The Hall–Kier alpha value is -2.23. The Bertz CT molecular complexity index is 797. The van der Waals surface area contributed by atoms with E-state index in [2.05, 4.69) is 36.1 Å². The Morgan fingerprint density at radius 3 is 2.87 bits per heavy atom. The molecule has 23 heavy (non-hydrogen) atoms. The van der Waals surface area contributed by atoms with Gasteiger partial charge in [0.1, 0.15) is 22.9 Å². The second-order valence-corrected chi connectivity index (χ2v) is 5.57. The smallest absolute Gasteiger partial charge is 0.305 e. The Kier molecular flexibility index (Phi) is 5.48. The van der Waals surface area contributed by atoms with Crippen LogP contribution < -0.4 is 10.9 Å². The fourth-order valence-corrected chi connectivity index (χ4v) is 2.61. The van der Waals surface area contributed by atoms with E-state index in [1.807, 2.05) is 0 Å². The van der Waals surface area contributed by atoms with E-state index in [0.29, 0.717) is 28.6 Å². The summed E-state index contributed by atoms with van der Waals surface area (Å²) in [4.78, 5) is 39.3. The minimum Gasteiger partial charge on any atom is -0.469 e. The number of halogens is 1. The number of aromatic nitrogens is 4. The maximum atomic E-state index is 12.4. The van der Waals surface area contributed by atoms with Gasteiger partial charge in [-0.1, -0.05) is 0 Å². The van der Waals surface area contributed by atoms with Gasteiger partial charge in [-0.3, -0.25) is 19.0 Å². The first-order valence-corrected chi connectivity index (χ1v) is 7.64. The van der Waals surface area contributed by atoms with Gasteiger partial charge >= 0.3 is 5.97 Å². The van der Waals surface area contributed by atoms with Crippen molar-refractivity contribution in [2.24, 2.45) is 7.05 Å². The molecule has 2 rings (SSSR count). The topological polar surface area (TPSA) is 108 Å². The average molecular weight is 386 g/mol. The zero-order valence-electron chi connectivity index (χ0n) is 12.7. The molecule has 0 aliphatic heterocycles. The lowest BCUT2D eigenvalue weighted by Crippen LogP contribution is -2.33. The minimum atomic E-state index is -0.348. The molecule has 124 valence electrons. The van der Waals surface area contributed by atoms with Crippen LogP contribution in [0.15, 0.2) is 15.7 Å². The third-order valence-corrected chi connectivity index (χ3v) is 3.74. The number of amides is 1. The van der Waals surface area contributed by atoms with E-state index in [9.17, 15) is 14.4 Å². The summed E-state index contributed by atoms with van der Waals surface area (Å²) in [5.74, 6) is -0.662. The molecule has 0 saturated carbocycles. The summed E-state index contributed by atoms with van der Waals surface area (Å²) in [5.41, 5.74) is 0.0938. The van der Waals surface area contributed by atoms with Crippen LogP contribution in [0.4, 0.5) is 0 Å². The third kappa shape index (κ3) is 3.95. The molecule has 0 spiro atoms. The van der Waals surface area contributed by atoms with Gasteiger partial charge in [-0.05, 0) is 22.4 Å². The molecule has 1 amide bonds. The Morgan fingerprint density at radius 2 is 2.17 bits per heavy atom. The van der Waals surface area contributed by atoms with Crippen molar-refractivity contribution >= 4 is 38.8 Å². The Labute approximate surface area is 139 Å². The number of hydrogen-bond donors (Lipinski definition) is 1. The number of ether oxygens (including phenoxy) is 1. The van der Waals surface area contributed by atoms with Crippen LogP contribution in [-0.4, -0.2) is 44.9 Å². The molecule has 0 aromatic carbocycles. The number of nitrogens with one attached hydrogen (secondary N) is 1. The summed E-state index contributed by atoms with van der Waals surface area (Å²) in [6.45, 7) is 0.177. The lowest BCUT2D eigenvalue weighted by molar-refractivity contribution is -0.140. The van der Waals surface area contributed by atoms with E-state index < -0.39 is 0 Å². The second kappa shape index (κ2) is 7.36. The van der Waals surface area contributed by atoms with E-state index in [0.717, 1.165) is 0 Å². The van der Waals surface area contributed by atoms with Crippen LogP contribution in [0.2, 0.25) is 0 Å². The number of fused-ring (bicyclic) bond motifs is 1. The van der Waals surface area contributed by atoms with Crippen LogP contribution in [0.3, 0.4) is 0 Å². The van der Waals surface area contributed by atoms with Crippen LogP contribution in [0.25, 0.3) is 11.0 Å². The van der Waals surface area contributed by atoms with Crippen molar-refractivity contribution in [1.29, 1.82) is 0 Å². The third-order valence-electron chi connectivity index (χ3n) is 3.19. The summed E-state index contributed by atoms with van der Waals surface area (Å²) in [5, 5.41) is 7.04. The molecule has 2 aromatic rings. The van der Waals surface area contributed by atoms with Gasteiger partial charge in [0.05, 0.1) is 7.11 Å². The van der Waals surface area contributed by atoms with Crippen LogP contribution in [0.5, 0.6) is 0 Å². The molecule has 2 heterocycles. The number of nitrogens with zero attached hydrogens (tertiary/aromatic N) is 4. The number of methoxy groups -OCH3 is 1. The summed E-state index contributed by atoms with van der Waals surface area (Å²) >= 11 is 3.21. The van der Waals surface area contributed by atoms with E-state index in [-0.39, 0.29) is 30.4 Å². The fourth-order valence-electron chi connectivity index (χ4n) is 2.02. The highest BCUT2D eigenvalue weighted by Gasteiger charge is 2.14. The van der Waals surface area contributed by atoms with Crippen molar-refractivity contribution < 1.29 is 14.3 Å². The molecule has 9 nitrogen and oxygen atoms in total. The molecular formula is C13H16BrN5O4. The summed E-state index contributed by atoms with van der Waals surface area (Å²) < 4.78 is 7.59. The Morgan fingerprint density at radius 1 is 1.43 bits per heavy atom. The predicted octanol–water partition coefficient (Wildman–Crippen LogP) is -0.0381. The number of carbonyl (C=O) groups is 2. The molecule has 2 aromatic heterocycles. The summed E-state index contributed by atoms with van der Waals surface area (Å²) in [6, 6.07) is 0. The van der Waals surface area contributed by atoms with Gasteiger partial charge in [0, 0.05) is 20.0 Å². The van der Waals surface area contributed by atoms with Gasteiger partial charge < -0.3 is 10.1 Å². The van der Waals surface area contributed by atoms with Crippen molar-refractivity contribution in [3.8, 4) is 0 Å². The van der Waals surface area contributed by atoms with Crippen molar-refractivity contribution in [2.75, 3.05) is 13.7 Å². The molecule has 0 bridgehead atoms. The van der Waals surface area contributed by atoms with Gasteiger partial charge in [0.15, 0.2) is 5.65 Å². The standard InChI is InChI=1S/C13H16BrN5O4/c1-18-12-10(11(14)17-18)13(22)19(7-16-12)6-8(20)15-5-3-4-9(21)23-2/h7H,3-6H2,1-2H3,(H,15,20). The highest BCUT2D eigenvalue weighted by Crippen LogP contribution is 2.16. The van der Waals surface area contributed by atoms with Gasteiger partial charge in [-0.2, -0.15) is 5.10 Å². The maximum Gasteiger partial charge on any atom is 0.305 e. The highest BCUT2D eigenvalue weighted by atomic mass is 79.9. The number of carbonyl (C=O) groups excluding carboxylic acids is 2. The SMILES string of the molecule is COC(=O)CCCNC(=O)Cn1cnc2c(c(Br)nn2C)c1=O. The van der Waals surface area contributed by atoms with Gasteiger partial charge in [0.25, 0.3) is 5.56 Å². The maximum absolute atomic E-state index is 12.4.